The summed E-state index contributed by atoms with van der Waals surface area (Å²) >= 11 is 5.73. The minimum absolute atomic E-state index is 0.0334. The van der Waals surface area contributed by atoms with Crippen molar-refractivity contribution in [3.05, 3.63) is 58.6 Å². The normalized spacial score (nSPS) is 21.0. The summed E-state index contributed by atoms with van der Waals surface area (Å²) in [5.74, 6) is 1.11. The highest BCUT2D eigenvalue weighted by molar-refractivity contribution is 7.90. The Morgan fingerprint density at radius 3 is 2.43 bits per heavy atom. The quantitative estimate of drug-likeness (QED) is 0.644. The molecule has 160 valence electrons. The summed E-state index contributed by atoms with van der Waals surface area (Å²) in [4.78, 5) is 2.02. The van der Waals surface area contributed by atoms with Gasteiger partial charge in [-0.3, -0.25) is 0 Å². The number of nitrogens with zero attached hydrogens (tertiary/aromatic N) is 2. The van der Waals surface area contributed by atoms with Crippen LogP contribution in [0.4, 0.5) is 13.2 Å². The molecule has 0 amide bonds. The smallest absolute Gasteiger partial charge is 0.417 e. The van der Waals surface area contributed by atoms with E-state index >= 15 is 0 Å². The second-order valence-electron chi connectivity index (χ2n) is 7.23. The summed E-state index contributed by atoms with van der Waals surface area (Å²) in [6.07, 6.45) is -2.80. The molecule has 1 fully saturated rings. The van der Waals surface area contributed by atoms with Crippen LogP contribution in [0, 0.1) is 0 Å². The van der Waals surface area contributed by atoms with Crippen molar-refractivity contribution in [2.24, 2.45) is 4.40 Å². The summed E-state index contributed by atoms with van der Waals surface area (Å²) in [6.45, 7) is 1.24. The van der Waals surface area contributed by atoms with Crippen molar-refractivity contribution >= 4 is 27.5 Å². The fraction of sp³-hybridized carbons (Fsp3) is 0.350. The van der Waals surface area contributed by atoms with Crippen molar-refractivity contribution in [2.75, 3.05) is 18.8 Å². The average Bonchev–Trinajstić information content (AvgIpc) is 2.67. The number of hydrogen-bond donors (Lipinski definition) is 0. The molecule has 4 rings (SSSR count). The molecule has 0 bridgehead atoms. The van der Waals surface area contributed by atoms with Crippen LogP contribution in [0.3, 0.4) is 0 Å². The van der Waals surface area contributed by atoms with Crippen LogP contribution in [0.2, 0.25) is 5.02 Å². The average molecular weight is 459 g/mol. The van der Waals surface area contributed by atoms with Gasteiger partial charge >= 0.3 is 6.18 Å². The first-order chi connectivity index (χ1) is 14.1. The van der Waals surface area contributed by atoms with Gasteiger partial charge in [-0.1, -0.05) is 23.7 Å². The second-order valence-corrected chi connectivity index (χ2v) is 9.39. The summed E-state index contributed by atoms with van der Waals surface area (Å²) in [5, 5.41) is -0.435. The molecule has 0 N–H and O–H groups in total. The highest BCUT2D eigenvalue weighted by Crippen LogP contribution is 2.38. The topological polar surface area (TPSA) is 59.0 Å². The summed E-state index contributed by atoms with van der Waals surface area (Å²) in [7, 11) is -3.43. The molecule has 1 saturated heterocycles. The maximum atomic E-state index is 12.8. The van der Waals surface area contributed by atoms with Crippen molar-refractivity contribution in [3.8, 4) is 11.5 Å². The van der Waals surface area contributed by atoms with E-state index in [2.05, 4.69) is 4.40 Å². The molecule has 1 atom stereocenters. The fourth-order valence-electron chi connectivity index (χ4n) is 3.72. The van der Waals surface area contributed by atoms with Gasteiger partial charge in [-0.2, -0.15) is 13.2 Å². The van der Waals surface area contributed by atoms with E-state index in [-0.39, 0.29) is 17.4 Å². The Kier molecular flexibility index (Phi) is 5.44. The number of benzene rings is 2. The Balaban J connectivity index is 1.53. The molecule has 10 heteroatoms. The van der Waals surface area contributed by atoms with Gasteiger partial charge in [0.25, 0.3) is 10.0 Å². The third kappa shape index (κ3) is 4.41. The van der Waals surface area contributed by atoms with Gasteiger partial charge in [0.05, 0.1) is 16.3 Å². The van der Waals surface area contributed by atoms with Crippen LogP contribution in [0.15, 0.2) is 46.9 Å². The lowest BCUT2D eigenvalue weighted by Crippen LogP contribution is -2.46. The van der Waals surface area contributed by atoms with E-state index < -0.39 is 26.8 Å². The number of sulfonamides is 1. The van der Waals surface area contributed by atoms with Crippen LogP contribution in [0.5, 0.6) is 11.5 Å². The largest absolute Gasteiger partial charge is 0.457 e. The standard InChI is InChI=1S/C20H18ClF3N2O3S/c21-18-12-15(7-8-17(18)20(22,23)24)29-14-5-3-13(4-6-14)16-2-1-9-26-10-11-30(27,28)25-19(16)26/h3-8,12,16H,1-2,9-11H2. The SMILES string of the molecule is O=S1(=O)CCN2CCCC(c3ccc(Oc4ccc(C(F)(F)F)c(Cl)c4)cc3)C2=N1. The van der Waals surface area contributed by atoms with Crippen LogP contribution in [-0.2, 0) is 16.2 Å². The molecule has 2 aliphatic heterocycles. The van der Waals surface area contributed by atoms with Crippen molar-refractivity contribution < 1.29 is 26.3 Å². The second kappa shape index (κ2) is 7.77. The molecule has 0 aliphatic carbocycles. The molecule has 2 aromatic carbocycles. The first kappa shape index (κ1) is 21.0. The Morgan fingerprint density at radius 1 is 1.07 bits per heavy atom. The van der Waals surface area contributed by atoms with E-state index in [0.29, 0.717) is 18.1 Å². The number of halogens is 4. The van der Waals surface area contributed by atoms with Crippen LogP contribution in [-0.4, -0.2) is 38.0 Å². The fourth-order valence-corrected chi connectivity index (χ4v) is 5.07. The van der Waals surface area contributed by atoms with Crippen molar-refractivity contribution in [3.63, 3.8) is 0 Å². The number of rotatable bonds is 3. The molecule has 5 nitrogen and oxygen atoms in total. The Labute approximate surface area is 177 Å². The monoisotopic (exact) mass is 458 g/mol. The molecular weight excluding hydrogens is 441 g/mol. The van der Waals surface area contributed by atoms with Gasteiger partial charge in [-0.15, -0.1) is 4.40 Å². The van der Waals surface area contributed by atoms with Crippen LogP contribution in [0.1, 0.15) is 29.9 Å². The van der Waals surface area contributed by atoms with Crippen LogP contribution < -0.4 is 4.74 Å². The van der Waals surface area contributed by atoms with Crippen molar-refractivity contribution in [2.45, 2.75) is 24.9 Å². The molecule has 30 heavy (non-hydrogen) atoms. The van der Waals surface area contributed by atoms with Gasteiger partial charge in [0, 0.05) is 25.1 Å². The third-order valence-electron chi connectivity index (χ3n) is 5.17. The lowest BCUT2D eigenvalue weighted by Gasteiger charge is -2.37. The molecule has 1 unspecified atom stereocenters. The maximum Gasteiger partial charge on any atom is 0.417 e. The number of piperidine rings is 1. The molecular formula is C20H18ClF3N2O3S. The number of alkyl halides is 3. The molecule has 0 radical (unpaired) electrons. The Hall–Kier alpha value is -2.26. The van der Waals surface area contributed by atoms with Crippen LogP contribution >= 0.6 is 11.6 Å². The van der Waals surface area contributed by atoms with Crippen molar-refractivity contribution in [1.29, 1.82) is 0 Å². The maximum absolute atomic E-state index is 12.8. The molecule has 2 aliphatic rings. The molecule has 0 aromatic heterocycles. The van der Waals surface area contributed by atoms with Crippen molar-refractivity contribution in [1.82, 2.24) is 4.90 Å². The van der Waals surface area contributed by atoms with Crippen LogP contribution in [0.25, 0.3) is 0 Å². The van der Waals surface area contributed by atoms with Gasteiger partial charge in [0.15, 0.2) is 0 Å². The highest BCUT2D eigenvalue weighted by Gasteiger charge is 2.34. The first-order valence-corrected chi connectivity index (χ1v) is 11.3. The van der Waals surface area contributed by atoms with E-state index in [1.54, 1.807) is 12.1 Å². The Bertz CT molecular complexity index is 1090. The first-order valence-electron chi connectivity index (χ1n) is 9.34. The Morgan fingerprint density at radius 2 is 1.77 bits per heavy atom. The van der Waals surface area contributed by atoms with E-state index in [0.717, 1.165) is 37.1 Å². The molecule has 0 spiro atoms. The van der Waals surface area contributed by atoms with Gasteiger partial charge in [0.1, 0.15) is 17.3 Å². The zero-order chi connectivity index (χ0) is 21.5. The number of amidine groups is 1. The number of ether oxygens (including phenoxy) is 1. The van der Waals surface area contributed by atoms with E-state index in [1.165, 1.54) is 6.07 Å². The van der Waals surface area contributed by atoms with Gasteiger partial charge < -0.3 is 9.64 Å². The molecule has 2 heterocycles. The third-order valence-corrected chi connectivity index (χ3v) is 6.65. The van der Waals surface area contributed by atoms with E-state index in [9.17, 15) is 21.6 Å². The molecule has 2 aromatic rings. The van der Waals surface area contributed by atoms with Gasteiger partial charge in [0.2, 0.25) is 0 Å². The zero-order valence-electron chi connectivity index (χ0n) is 15.7. The van der Waals surface area contributed by atoms with Gasteiger partial charge in [-0.25, -0.2) is 8.42 Å². The summed E-state index contributed by atoms with van der Waals surface area (Å²) in [6, 6.07) is 10.2. The molecule has 0 saturated carbocycles. The van der Waals surface area contributed by atoms with E-state index in [4.69, 9.17) is 16.3 Å². The van der Waals surface area contributed by atoms with Gasteiger partial charge in [-0.05, 0) is 42.7 Å². The lowest BCUT2D eigenvalue weighted by atomic mass is 9.89. The summed E-state index contributed by atoms with van der Waals surface area (Å²) < 4.78 is 72.0. The predicted octanol–water partition coefficient (Wildman–Crippen LogP) is 5.07. The minimum Gasteiger partial charge on any atom is -0.457 e. The minimum atomic E-state index is -4.53. The van der Waals surface area contributed by atoms with E-state index in [1.807, 2.05) is 17.0 Å². The zero-order valence-corrected chi connectivity index (χ0v) is 17.3. The summed E-state index contributed by atoms with van der Waals surface area (Å²) in [5.41, 5.74) is -0.00900. The highest BCUT2D eigenvalue weighted by atomic mass is 35.5. The number of hydrogen-bond acceptors (Lipinski definition) is 4. The predicted molar refractivity (Wildman–Crippen MR) is 108 cm³/mol. The lowest BCUT2D eigenvalue weighted by molar-refractivity contribution is -0.137. The number of fused-ring (bicyclic) bond motifs is 1.